The molecule has 0 aromatic heterocycles. The number of carboxylic acid groups (broad SMARTS) is 1. The van der Waals surface area contributed by atoms with Crippen molar-refractivity contribution >= 4 is 28.8 Å². The molecule has 1 fully saturated rings. The third-order valence-electron chi connectivity index (χ3n) is 7.68. The first-order valence-electron chi connectivity index (χ1n) is 13.3. The van der Waals surface area contributed by atoms with Gasteiger partial charge in [-0.3, -0.25) is 4.90 Å². The van der Waals surface area contributed by atoms with Gasteiger partial charge in [0.2, 0.25) is 0 Å². The first-order chi connectivity index (χ1) is 18.3. The van der Waals surface area contributed by atoms with Crippen molar-refractivity contribution in [1.29, 1.82) is 0 Å². The summed E-state index contributed by atoms with van der Waals surface area (Å²) in [7, 11) is 0. The van der Waals surface area contributed by atoms with Gasteiger partial charge in [0.05, 0.1) is 0 Å². The van der Waals surface area contributed by atoms with Crippen molar-refractivity contribution in [3.63, 3.8) is 0 Å². The van der Waals surface area contributed by atoms with E-state index in [4.69, 9.17) is 16.3 Å². The molecule has 0 spiro atoms. The molecule has 0 atom stereocenters. The summed E-state index contributed by atoms with van der Waals surface area (Å²) >= 11 is 6.16. The fourth-order valence-corrected chi connectivity index (χ4v) is 5.71. The summed E-state index contributed by atoms with van der Waals surface area (Å²) in [4.78, 5) is 16.7. The summed E-state index contributed by atoms with van der Waals surface area (Å²) in [6.45, 7) is 9.39. The van der Waals surface area contributed by atoms with Crippen molar-refractivity contribution in [3.8, 4) is 11.5 Å². The average molecular weight is 531 g/mol. The zero-order valence-corrected chi connectivity index (χ0v) is 22.9. The number of hydrogen-bond acceptors (Lipinski definition) is 4. The highest BCUT2D eigenvalue weighted by atomic mass is 35.5. The normalized spacial score (nSPS) is 17.9. The standard InChI is InChI=1S/C32H35ClN2O3/c1-32(2)15-14-28(23-8-10-25(33)11-9-23)24(21-32)22-34-16-18-35(19-17-34)26-12-13-29(31(36)37)30(20-26)38-27-6-4-3-5-7-27/h3-13,20H,14-19,21-22H2,1-2H3,(H,36,37). The van der Waals surface area contributed by atoms with E-state index in [1.54, 1.807) is 11.6 Å². The van der Waals surface area contributed by atoms with Crippen molar-refractivity contribution in [1.82, 2.24) is 4.90 Å². The minimum absolute atomic E-state index is 0.165. The zero-order valence-electron chi connectivity index (χ0n) is 22.1. The molecule has 2 aliphatic rings. The number of ether oxygens (including phenoxy) is 1. The molecule has 3 aromatic rings. The maximum absolute atomic E-state index is 11.8. The number of aromatic carboxylic acids is 1. The second-order valence-electron chi connectivity index (χ2n) is 11.1. The van der Waals surface area contributed by atoms with E-state index in [2.05, 4.69) is 35.8 Å². The van der Waals surface area contributed by atoms with Crippen LogP contribution in [0.1, 0.15) is 49.0 Å². The molecule has 1 saturated heterocycles. The van der Waals surface area contributed by atoms with Crippen LogP contribution < -0.4 is 9.64 Å². The lowest BCUT2D eigenvalue weighted by atomic mass is 9.73. The van der Waals surface area contributed by atoms with Crippen LogP contribution in [0.2, 0.25) is 5.02 Å². The Morgan fingerprint density at radius 1 is 0.974 bits per heavy atom. The van der Waals surface area contributed by atoms with Gasteiger partial charge in [-0.15, -0.1) is 0 Å². The number of hydrogen-bond donors (Lipinski definition) is 1. The van der Waals surface area contributed by atoms with Crippen LogP contribution in [-0.4, -0.2) is 48.7 Å². The molecule has 0 radical (unpaired) electrons. The summed E-state index contributed by atoms with van der Waals surface area (Å²) in [6.07, 6.45) is 3.41. The Kier molecular flexibility index (Phi) is 7.78. The van der Waals surface area contributed by atoms with E-state index in [1.165, 1.54) is 17.6 Å². The Bertz CT molecular complexity index is 1310. The molecule has 3 aromatic carbocycles. The first-order valence-corrected chi connectivity index (χ1v) is 13.7. The van der Waals surface area contributed by atoms with E-state index in [-0.39, 0.29) is 5.56 Å². The zero-order chi connectivity index (χ0) is 26.7. The van der Waals surface area contributed by atoms with Gasteiger partial charge in [0.25, 0.3) is 0 Å². The lowest BCUT2D eigenvalue weighted by molar-refractivity contribution is 0.0694. The molecule has 0 unspecified atom stereocenters. The molecule has 38 heavy (non-hydrogen) atoms. The van der Waals surface area contributed by atoms with Crippen molar-refractivity contribution < 1.29 is 14.6 Å². The van der Waals surface area contributed by atoms with Crippen LogP contribution in [0.4, 0.5) is 5.69 Å². The van der Waals surface area contributed by atoms with E-state index in [9.17, 15) is 9.90 Å². The highest BCUT2D eigenvalue weighted by Crippen LogP contribution is 2.43. The summed E-state index contributed by atoms with van der Waals surface area (Å²) < 4.78 is 5.97. The number of allylic oxidation sites excluding steroid dienone is 1. The van der Waals surface area contributed by atoms with E-state index < -0.39 is 5.97 Å². The number of benzene rings is 3. The van der Waals surface area contributed by atoms with Crippen LogP contribution >= 0.6 is 11.6 Å². The first kappa shape index (κ1) is 26.3. The Morgan fingerprint density at radius 3 is 2.37 bits per heavy atom. The molecule has 5 nitrogen and oxygen atoms in total. The van der Waals surface area contributed by atoms with Gasteiger partial charge >= 0.3 is 5.97 Å². The number of anilines is 1. The Balaban J connectivity index is 1.30. The van der Waals surface area contributed by atoms with Gasteiger partial charge in [-0.2, -0.15) is 0 Å². The van der Waals surface area contributed by atoms with E-state index in [1.807, 2.05) is 54.6 Å². The maximum atomic E-state index is 11.8. The molecule has 1 heterocycles. The third-order valence-corrected chi connectivity index (χ3v) is 7.93. The van der Waals surface area contributed by atoms with Crippen molar-refractivity contribution in [3.05, 3.63) is 94.5 Å². The molecule has 0 saturated carbocycles. The van der Waals surface area contributed by atoms with E-state index in [0.717, 1.165) is 56.3 Å². The largest absolute Gasteiger partial charge is 0.478 e. The number of carboxylic acids is 1. The highest BCUT2D eigenvalue weighted by Gasteiger charge is 2.29. The van der Waals surface area contributed by atoms with Gasteiger partial charge in [0, 0.05) is 49.5 Å². The topological polar surface area (TPSA) is 53.0 Å². The predicted octanol–water partition coefficient (Wildman–Crippen LogP) is 7.62. The lowest BCUT2D eigenvalue weighted by Gasteiger charge is -2.39. The fourth-order valence-electron chi connectivity index (χ4n) is 5.58. The van der Waals surface area contributed by atoms with Gasteiger partial charge in [-0.05, 0) is 72.2 Å². The van der Waals surface area contributed by atoms with Crippen LogP contribution in [0.5, 0.6) is 11.5 Å². The number of carbonyl (C=O) groups is 1. The minimum Gasteiger partial charge on any atom is -0.478 e. The third kappa shape index (κ3) is 6.23. The molecule has 6 heteroatoms. The molecule has 1 N–H and O–H groups in total. The minimum atomic E-state index is -0.993. The maximum Gasteiger partial charge on any atom is 0.339 e. The van der Waals surface area contributed by atoms with E-state index >= 15 is 0 Å². The highest BCUT2D eigenvalue weighted by molar-refractivity contribution is 6.30. The number of nitrogens with zero attached hydrogens (tertiary/aromatic N) is 2. The molecule has 0 amide bonds. The fraction of sp³-hybridized carbons (Fsp3) is 0.344. The summed E-state index contributed by atoms with van der Waals surface area (Å²) in [5.41, 5.74) is 5.78. The smallest absolute Gasteiger partial charge is 0.339 e. The predicted molar refractivity (Wildman–Crippen MR) is 155 cm³/mol. The number of piperazine rings is 1. The van der Waals surface area contributed by atoms with Crippen LogP contribution in [-0.2, 0) is 0 Å². The monoisotopic (exact) mass is 530 g/mol. The van der Waals surface area contributed by atoms with Crippen LogP contribution in [0.25, 0.3) is 5.57 Å². The molecule has 1 aliphatic carbocycles. The van der Waals surface area contributed by atoms with Crippen molar-refractivity contribution in [2.24, 2.45) is 5.41 Å². The molecular weight excluding hydrogens is 496 g/mol. The lowest BCUT2D eigenvalue weighted by Crippen LogP contribution is -2.47. The van der Waals surface area contributed by atoms with E-state index in [0.29, 0.717) is 16.9 Å². The van der Waals surface area contributed by atoms with Gasteiger partial charge in [0.1, 0.15) is 17.1 Å². The number of para-hydroxylation sites is 1. The SMILES string of the molecule is CC1(C)CCC(c2ccc(Cl)cc2)=C(CN2CCN(c3ccc(C(=O)O)c(Oc4ccccc4)c3)CC2)C1. The molecule has 0 bridgehead atoms. The van der Waals surface area contributed by atoms with Gasteiger partial charge < -0.3 is 14.7 Å². The van der Waals surface area contributed by atoms with Crippen molar-refractivity contribution in [2.75, 3.05) is 37.6 Å². The second kappa shape index (κ2) is 11.2. The summed E-state index contributed by atoms with van der Waals surface area (Å²) in [5, 5.41) is 10.5. The van der Waals surface area contributed by atoms with Gasteiger partial charge in [0.15, 0.2) is 0 Å². The molecule has 198 valence electrons. The van der Waals surface area contributed by atoms with Crippen LogP contribution in [0, 0.1) is 5.41 Å². The quantitative estimate of drug-likeness (QED) is 0.340. The van der Waals surface area contributed by atoms with Gasteiger partial charge in [-0.25, -0.2) is 4.79 Å². The van der Waals surface area contributed by atoms with Crippen LogP contribution in [0.3, 0.4) is 0 Å². The number of rotatable bonds is 7. The second-order valence-corrected chi connectivity index (χ2v) is 11.5. The van der Waals surface area contributed by atoms with Gasteiger partial charge in [-0.1, -0.05) is 61.4 Å². The number of halogens is 1. The Labute approximate surface area is 230 Å². The molecule has 5 rings (SSSR count). The Morgan fingerprint density at radius 2 is 1.68 bits per heavy atom. The van der Waals surface area contributed by atoms with Crippen LogP contribution in [0.15, 0.2) is 78.4 Å². The molecule has 1 aliphatic heterocycles. The average Bonchev–Trinajstić information content (AvgIpc) is 2.90. The molecular formula is C32H35ClN2O3. The summed E-state index contributed by atoms with van der Waals surface area (Å²) in [5.74, 6) is -0.00422. The summed E-state index contributed by atoms with van der Waals surface area (Å²) in [6, 6.07) is 23.0. The van der Waals surface area contributed by atoms with Crippen molar-refractivity contribution in [2.45, 2.75) is 33.1 Å². The Hall–Kier alpha value is -3.28.